The first-order chi connectivity index (χ1) is 10.5. The number of hydrogen-bond acceptors (Lipinski definition) is 2. The third-order valence-electron chi connectivity index (χ3n) is 4.09. The first kappa shape index (κ1) is 16.6. The molecule has 1 N–H and O–H groups in total. The van der Waals surface area contributed by atoms with Crippen LogP contribution in [0.5, 0.6) is 0 Å². The van der Waals surface area contributed by atoms with Crippen LogP contribution < -0.4 is 0 Å². The van der Waals surface area contributed by atoms with Gasteiger partial charge in [-0.05, 0) is 49.0 Å². The van der Waals surface area contributed by atoms with Crippen LogP contribution >= 0.6 is 0 Å². The summed E-state index contributed by atoms with van der Waals surface area (Å²) in [7, 11) is 0. The van der Waals surface area contributed by atoms with E-state index in [4.69, 9.17) is 5.21 Å². The molecule has 0 amide bonds. The quantitative estimate of drug-likeness (QED) is 0.433. The minimum absolute atomic E-state index is 0.111. The van der Waals surface area contributed by atoms with Gasteiger partial charge in [-0.3, -0.25) is 0 Å². The van der Waals surface area contributed by atoms with Gasteiger partial charge in [0.15, 0.2) is 0 Å². The van der Waals surface area contributed by atoms with Gasteiger partial charge in [0.2, 0.25) is 0 Å². The highest BCUT2D eigenvalue weighted by atomic mass is 19.4. The van der Waals surface area contributed by atoms with E-state index in [0.717, 1.165) is 43.7 Å². The second-order valence-corrected chi connectivity index (χ2v) is 5.61. The zero-order valence-corrected chi connectivity index (χ0v) is 12.5. The average molecular weight is 311 g/mol. The molecule has 0 saturated heterocycles. The Morgan fingerprint density at radius 2 is 2.14 bits per heavy atom. The van der Waals surface area contributed by atoms with Gasteiger partial charge >= 0.3 is 6.18 Å². The summed E-state index contributed by atoms with van der Waals surface area (Å²) < 4.78 is 38.8. The summed E-state index contributed by atoms with van der Waals surface area (Å²) in [4.78, 5) is 0. The minimum atomic E-state index is -4.35. The molecule has 120 valence electrons. The fourth-order valence-corrected chi connectivity index (χ4v) is 3.03. The summed E-state index contributed by atoms with van der Waals surface area (Å²) in [5, 5.41) is 11.9. The Bertz CT molecular complexity index is 576. The molecule has 22 heavy (non-hydrogen) atoms. The first-order valence-corrected chi connectivity index (χ1v) is 7.54. The Kier molecular flexibility index (Phi) is 5.27. The van der Waals surface area contributed by atoms with Gasteiger partial charge in [-0.15, -0.1) is 5.16 Å². The van der Waals surface area contributed by atoms with Crippen LogP contribution in [0.25, 0.3) is 5.57 Å². The molecular formula is C17H20F3NO. The summed E-state index contributed by atoms with van der Waals surface area (Å²) in [5.74, 6) is -0.111. The maximum atomic E-state index is 12.9. The van der Waals surface area contributed by atoms with Crippen LogP contribution in [0, 0.1) is 5.92 Å². The number of unbranched alkanes of at least 4 members (excludes halogenated alkanes) is 1. The molecule has 0 radical (unpaired) electrons. The van der Waals surface area contributed by atoms with Crippen molar-refractivity contribution in [2.75, 3.05) is 0 Å². The normalized spacial score (nSPS) is 19.4. The van der Waals surface area contributed by atoms with Crippen molar-refractivity contribution in [2.24, 2.45) is 11.1 Å². The topological polar surface area (TPSA) is 32.6 Å². The van der Waals surface area contributed by atoms with Crippen molar-refractivity contribution in [3.63, 3.8) is 0 Å². The molecule has 5 heteroatoms. The van der Waals surface area contributed by atoms with E-state index in [2.05, 4.69) is 12.1 Å². The molecule has 0 aromatic heterocycles. The molecule has 1 atom stereocenters. The van der Waals surface area contributed by atoms with Gasteiger partial charge in [-0.2, -0.15) is 13.2 Å². The highest BCUT2D eigenvalue weighted by Gasteiger charge is 2.32. The number of oxime groups is 1. The average Bonchev–Trinajstić information content (AvgIpc) is 2.87. The van der Waals surface area contributed by atoms with Crippen LogP contribution in [0.2, 0.25) is 0 Å². The third kappa shape index (κ3) is 3.70. The van der Waals surface area contributed by atoms with Crippen molar-refractivity contribution in [3.05, 3.63) is 41.0 Å². The summed E-state index contributed by atoms with van der Waals surface area (Å²) in [6, 6.07) is 5.43. The van der Waals surface area contributed by atoms with Gasteiger partial charge < -0.3 is 5.21 Å². The van der Waals surface area contributed by atoms with E-state index in [1.165, 1.54) is 23.9 Å². The fourth-order valence-electron chi connectivity index (χ4n) is 3.03. The van der Waals surface area contributed by atoms with Gasteiger partial charge in [0.05, 0.1) is 11.8 Å². The Labute approximate surface area is 128 Å². The standard InChI is InChI=1S/C17H20F3NO/c1-2-3-5-12-8-9-14(11-21-22)16(12)13-6-4-7-15(10-13)17(18,19)20/h4,6-7,10-11,14,22H,2-3,5,8-9H2,1H3. The summed E-state index contributed by atoms with van der Waals surface area (Å²) in [6.07, 6.45) is 1.65. The van der Waals surface area contributed by atoms with Crippen LogP contribution in [-0.2, 0) is 6.18 Å². The lowest BCUT2D eigenvalue weighted by atomic mass is 9.92. The van der Waals surface area contributed by atoms with Gasteiger partial charge in [0.25, 0.3) is 0 Å². The highest BCUT2D eigenvalue weighted by molar-refractivity contribution is 5.86. The molecule has 1 unspecified atom stereocenters. The number of hydrogen-bond donors (Lipinski definition) is 1. The van der Waals surface area contributed by atoms with Crippen molar-refractivity contribution < 1.29 is 18.4 Å². The number of allylic oxidation sites excluding steroid dienone is 2. The molecule has 0 aliphatic heterocycles. The van der Waals surface area contributed by atoms with Crippen molar-refractivity contribution in [1.82, 2.24) is 0 Å². The van der Waals surface area contributed by atoms with Gasteiger partial charge in [-0.25, -0.2) is 0 Å². The van der Waals surface area contributed by atoms with E-state index >= 15 is 0 Å². The van der Waals surface area contributed by atoms with Crippen LogP contribution in [0.15, 0.2) is 35.0 Å². The Balaban J connectivity index is 2.43. The van der Waals surface area contributed by atoms with E-state index in [0.29, 0.717) is 5.56 Å². The van der Waals surface area contributed by atoms with Gasteiger partial charge in [0.1, 0.15) is 0 Å². The molecule has 0 saturated carbocycles. The van der Waals surface area contributed by atoms with E-state index in [9.17, 15) is 13.2 Å². The molecule has 1 aliphatic rings. The summed E-state index contributed by atoms with van der Waals surface area (Å²) >= 11 is 0. The van der Waals surface area contributed by atoms with Crippen molar-refractivity contribution >= 4 is 11.8 Å². The number of halogens is 3. The maximum absolute atomic E-state index is 12.9. The second-order valence-electron chi connectivity index (χ2n) is 5.61. The molecule has 2 rings (SSSR count). The van der Waals surface area contributed by atoms with E-state index < -0.39 is 11.7 Å². The fraction of sp³-hybridized carbons (Fsp3) is 0.471. The Morgan fingerprint density at radius 3 is 2.77 bits per heavy atom. The molecule has 2 nitrogen and oxygen atoms in total. The lowest BCUT2D eigenvalue weighted by molar-refractivity contribution is -0.137. The van der Waals surface area contributed by atoms with Crippen LogP contribution in [0.3, 0.4) is 0 Å². The van der Waals surface area contributed by atoms with Crippen LogP contribution in [0.4, 0.5) is 13.2 Å². The summed E-state index contributed by atoms with van der Waals surface area (Å²) in [6.45, 7) is 2.09. The monoisotopic (exact) mass is 311 g/mol. The molecule has 0 spiro atoms. The first-order valence-electron chi connectivity index (χ1n) is 7.54. The van der Waals surface area contributed by atoms with Crippen LogP contribution in [0.1, 0.15) is 50.2 Å². The lowest BCUT2D eigenvalue weighted by Gasteiger charge is -2.15. The molecule has 1 aromatic carbocycles. The highest BCUT2D eigenvalue weighted by Crippen LogP contribution is 2.41. The predicted molar refractivity (Wildman–Crippen MR) is 80.9 cm³/mol. The zero-order chi connectivity index (χ0) is 16.2. The molecule has 1 aromatic rings. The lowest BCUT2D eigenvalue weighted by Crippen LogP contribution is -2.07. The maximum Gasteiger partial charge on any atom is 0.416 e. The number of nitrogens with zero attached hydrogens (tertiary/aromatic N) is 1. The van der Waals surface area contributed by atoms with E-state index in [1.54, 1.807) is 6.07 Å². The Morgan fingerprint density at radius 1 is 1.36 bits per heavy atom. The minimum Gasteiger partial charge on any atom is -0.411 e. The van der Waals surface area contributed by atoms with E-state index in [1.807, 2.05) is 0 Å². The SMILES string of the molecule is CCCCC1=C(c2cccc(C(F)(F)F)c2)C(C=NO)CC1. The van der Waals surface area contributed by atoms with Crippen LogP contribution in [-0.4, -0.2) is 11.4 Å². The molecule has 0 heterocycles. The molecule has 1 aliphatic carbocycles. The predicted octanol–water partition coefficient (Wildman–Crippen LogP) is 5.52. The molecule has 0 fully saturated rings. The largest absolute Gasteiger partial charge is 0.416 e. The number of benzene rings is 1. The third-order valence-corrected chi connectivity index (χ3v) is 4.09. The van der Waals surface area contributed by atoms with E-state index in [-0.39, 0.29) is 5.92 Å². The van der Waals surface area contributed by atoms with Gasteiger partial charge in [-0.1, -0.05) is 31.1 Å². The smallest absolute Gasteiger partial charge is 0.411 e. The van der Waals surface area contributed by atoms with Crippen molar-refractivity contribution in [1.29, 1.82) is 0 Å². The number of alkyl halides is 3. The zero-order valence-electron chi connectivity index (χ0n) is 12.5. The van der Waals surface area contributed by atoms with Crippen molar-refractivity contribution in [2.45, 2.75) is 45.2 Å². The molecular weight excluding hydrogens is 291 g/mol. The second kappa shape index (κ2) is 6.99. The Hall–Kier alpha value is -1.78. The summed E-state index contributed by atoms with van der Waals surface area (Å²) in [5.41, 5.74) is 2.03. The number of rotatable bonds is 5. The molecule has 0 bridgehead atoms. The van der Waals surface area contributed by atoms with Crippen molar-refractivity contribution in [3.8, 4) is 0 Å². The van der Waals surface area contributed by atoms with Gasteiger partial charge in [0, 0.05) is 5.92 Å².